The fraction of sp³-hybridized carbons (Fsp3) is 0.538. The van der Waals surface area contributed by atoms with Crippen LogP contribution in [0.3, 0.4) is 0 Å². The molecule has 1 heterocycles. The Kier molecular flexibility index (Phi) is 3.56. The van der Waals surface area contributed by atoms with E-state index in [1.165, 1.54) is 6.07 Å². The van der Waals surface area contributed by atoms with Crippen LogP contribution in [0.25, 0.3) is 0 Å². The van der Waals surface area contributed by atoms with Crippen molar-refractivity contribution in [3.8, 4) is 0 Å². The van der Waals surface area contributed by atoms with E-state index in [1.54, 1.807) is 12.1 Å². The average Bonchev–Trinajstić information content (AvgIpc) is 2.33. The van der Waals surface area contributed by atoms with E-state index in [1.807, 2.05) is 6.07 Å². The minimum atomic E-state index is -0.180. The van der Waals surface area contributed by atoms with Crippen LogP contribution in [0.4, 0.5) is 4.39 Å². The first-order valence-electron chi connectivity index (χ1n) is 5.81. The predicted octanol–water partition coefficient (Wildman–Crippen LogP) is 1.73. The molecule has 1 atom stereocenters. The molecular weight excluding hydrogens is 205 g/mol. The van der Waals surface area contributed by atoms with Crippen LogP contribution in [-0.4, -0.2) is 24.8 Å². The molecule has 0 aromatic heterocycles. The maximum absolute atomic E-state index is 13.5. The first kappa shape index (κ1) is 11.6. The van der Waals surface area contributed by atoms with Gasteiger partial charge in [0.15, 0.2) is 0 Å². The number of piperidine rings is 1. The molecule has 16 heavy (non-hydrogen) atoms. The van der Waals surface area contributed by atoms with E-state index < -0.39 is 0 Å². The molecule has 0 bridgehead atoms. The summed E-state index contributed by atoms with van der Waals surface area (Å²) in [5.74, 6) is -0.166. The van der Waals surface area contributed by atoms with E-state index >= 15 is 0 Å². The zero-order valence-electron chi connectivity index (χ0n) is 9.38. The van der Waals surface area contributed by atoms with Crippen LogP contribution in [0.5, 0.6) is 0 Å². The molecule has 2 nitrogen and oxygen atoms in total. The summed E-state index contributed by atoms with van der Waals surface area (Å²) in [7, 11) is 0. The van der Waals surface area contributed by atoms with Crippen LogP contribution in [0.1, 0.15) is 18.4 Å². The van der Waals surface area contributed by atoms with E-state index in [0.29, 0.717) is 12.0 Å². The molecule has 1 aliphatic heterocycles. The zero-order valence-corrected chi connectivity index (χ0v) is 9.38. The van der Waals surface area contributed by atoms with E-state index in [2.05, 4.69) is 5.32 Å². The minimum Gasteiger partial charge on any atom is -0.396 e. The van der Waals surface area contributed by atoms with Gasteiger partial charge in [0, 0.05) is 12.0 Å². The molecule has 1 aromatic rings. The fourth-order valence-corrected chi connectivity index (χ4v) is 2.42. The second-order valence-electron chi connectivity index (χ2n) is 4.71. The monoisotopic (exact) mass is 223 g/mol. The highest BCUT2D eigenvalue weighted by atomic mass is 19.1. The molecule has 88 valence electrons. The maximum Gasteiger partial charge on any atom is 0.126 e. The predicted molar refractivity (Wildman–Crippen MR) is 61.7 cm³/mol. The van der Waals surface area contributed by atoms with Crippen LogP contribution < -0.4 is 5.32 Å². The third kappa shape index (κ3) is 2.42. The Morgan fingerprint density at radius 1 is 1.38 bits per heavy atom. The summed E-state index contributed by atoms with van der Waals surface area (Å²) in [5, 5.41) is 12.8. The summed E-state index contributed by atoms with van der Waals surface area (Å²) < 4.78 is 13.5. The molecule has 1 saturated heterocycles. The zero-order chi connectivity index (χ0) is 11.4. The van der Waals surface area contributed by atoms with Gasteiger partial charge in [-0.15, -0.1) is 0 Å². The van der Waals surface area contributed by atoms with Gasteiger partial charge in [0.1, 0.15) is 5.82 Å². The van der Waals surface area contributed by atoms with Gasteiger partial charge in [-0.2, -0.15) is 0 Å². The second-order valence-corrected chi connectivity index (χ2v) is 4.71. The summed E-state index contributed by atoms with van der Waals surface area (Å²) >= 11 is 0. The molecule has 1 aliphatic rings. The highest BCUT2D eigenvalue weighted by Crippen LogP contribution is 2.30. The lowest BCUT2D eigenvalue weighted by molar-refractivity contribution is 0.0939. The van der Waals surface area contributed by atoms with Crippen LogP contribution in [0, 0.1) is 11.2 Å². The van der Waals surface area contributed by atoms with Crippen molar-refractivity contribution >= 4 is 0 Å². The summed E-state index contributed by atoms with van der Waals surface area (Å²) in [5.41, 5.74) is 0.528. The maximum atomic E-state index is 13.5. The number of aliphatic hydroxyl groups is 1. The van der Waals surface area contributed by atoms with Gasteiger partial charge in [-0.1, -0.05) is 18.2 Å². The molecule has 0 spiro atoms. The van der Waals surface area contributed by atoms with E-state index in [0.717, 1.165) is 25.9 Å². The molecule has 1 aromatic carbocycles. The molecular formula is C13H18FNO. The minimum absolute atomic E-state index is 0.119. The summed E-state index contributed by atoms with van der Waals surface area (Å²) in [6.45, 7) is 1.89. The summed E-state index contributed by atoms with van der Waals surface area (Å²) in [6.07, 6.45) is 2.63. The lowest BCUT2D eigenvalue weighted by Crippen LogP contribution is -2.44. The van der Waals surface area contributed by atoms with Gasteiger partial charge in [-0.25, -0.2) is 4.39 Å². The van der Waals surface area contributed by atoms with Crippen LogP contribution in [0.2, 0.25) is 0 Å². The number of halogens is 1. The lowest BCUT2D eigenvalue weighted by atomic mass is 9.76. The molecule has 0 aliphatic carbocycles. The molecule has 0 radical (unpaired) electrons. The molecule has 0 unspecified atom stereocenters. The van der Waals surface area contributed by atoms with Gasteiger partial charge in [0.05, 0.1) is 6.61 Å². The largest absolute Gasteiger partial charge is 0.396 e. The number of aliphatic hydroxyl groups excluding tert-OH is 1. The van der Waals surface area contributed by atoms with Crippen molar-refractivity contribution in [1.82, 2.24) is 5.32 Å². The number of rotatable bonds is 3. The van der Waals surface area contributed by atoms with Crippen molar-refractivity contribution in [2.24, 2.45) is 5.41 Å². The Hall–Kier alpha value is -0.930. The highest BCUT2D eigenvalue weighted by molar-refractivity contribution is 5.19. The van der Waals surface area contributed by atoms with Crippen molar-refractivity contribution in [1.29, 1.82) is 0 Å². The Bertz CT molecular complexity index is 348. The Balaban J connectivity index is 2.15. The van der Waals surface area contributed by atoms with Gasteiger partial charge in [0.2, 0.25) is 0 Å². The second kappa shape index (κ2) is 4.93. The molecule has 0 amide bonds. The van der Waals surface area contributed by atoms with E-state index in [9.17, 15) is 9.50 Å². The van der Waals surface area contributed by atoms with Crippen molar-refractivity contribution in [2.45, 2.75) is 19.3 Å². The van der Waals surface area contributed by atoms with Crippen LogP contribution >= 0.6 is 0 Å². The van der Waals surface area contributed by atoms with Crippen molar-refractivity contribution in [3.63, 3.8) is 0 Å². The van der Waals surface area contributed by atoms with Crippen molar-refractivity contribution in [2.75, 3.05) is 19.7 Å². The van der Waals surface area contributed by atoms with Crippen LogP contribution in [-0.2, 0) is 6.42 Å². The lowest BCUT2D eigenvalue weighted by Gasteiger charge is -2.36. The quantitative estimate of drug-likeness (QED) is 0.818. The first-order chi connectivity index (χ1) is 7.76. The number of hydrogen-bond acceptors (Lipinski definition) is 2. The summed E-state index contributed by atoms with van der Waals surface area (Å²) in [6, 6.07) is 6.83. The number of hydrogen-bond donors (Lipinski definition) is 2. The van der Waals surface area contributed by atoms with Gasteiger partial charge in [0.25, 0.3) is 0 Å². The van der Waals surface area contributed by atoms with Gasteiger partial charge in [-0.3, -0.25) is 0 Å². The van der Waals surface area contributed by atoms with E-state index in [-0.39, 0.29) is 17.8 Å². The first-order valence-corrected chi connectivity index (χ1v) is 5.81. The Morgan fingerprint density at radius 3 is 2.81 bits per heavy atom. The molecule has 2 rings (SSSR count). The average molecular weight is 223 g/mol. The third-order valence-corrected chi connectivity index (χ3v) is 3.42. The smallest absolute Gasteiger partial charge is 0.126 e. The molecule has 0 saturated carbocycles. The van der Waals surface area contributed by atoms with Crippen LogP contribution in [0.15, 0.2) is 24.3 Å². The normalized spacial score (nSPS) is 25.6. The van der Waals surface area contributed by atoms with Gasteiger partial charge < -0.3 is 10.4 Å². The highest BCUT2D eigenvalue weighted by Gasteiger charge is 2.32. The third-order valence-electron chi connectivity index (χ3n) is 3.42. The van der Waals surface area contributed by atoms with Gasteiger partial charge >= 0.3 is 0 Å². The van der Waals surface area contributed by atoms with E-state index in [4.69, 9.17) is 0 Å². The number of nitrogens with one attached hydrogen (secondary N) is 1. The SMILES string of the molecule is OC[C@]1(Cc2ccccc2F)CCCNC1. The van der Waals surface area contributed by atoms with Gasteiger partial charge in [-0.05, 0) is 37.4 Å². The molecule has 2 N–H and O–H groups in total. The molecule has 3 heteroatoms. The number of benzene rings is 1. The topological polar surface area (TPSA) is 32.3 Å². The Morgan fingerprint density at radius 2 is 2.19 bits per heavy atom. The Labute approximate surface area is 95.5 Å². The molecule has 1 fully saturated rings. The van der Waals surface area contributed by atoms with Crippen molar-refractivity contribution < 1.29 is 9.50 Å². The standard InChI is InChI=1S/C13H18FNO/c14-12-5-2-1-4-11(12)8-13(10-16)6-3-7-15-9-13/h1-2,4-5,15-16H,3,6-10H2/t13-/m0/s1. The van der Waals surface area contributed by atoms with Crippen molar-refractivity contribution in [3.05, 3.63) is 35.6 Å². The fourth-order valence-electron chi connectivity index (χ4n) is 2.42. The summed E-state index contributed by atoms with van der Waals surface area (Å²) in [4.78, 5) is 0.